The molecule has 0 aliphatic carbocycles. The molecule has 0 aliphatic rings. The minimum absolute atomic E-state index is 0. The molecule has 0 rings (SSSR count). The second kappa shape index (κ2) is 20.0. The molecule has 0 atom stereocenters. The number of carbonyl (C=O) groups excluding carboxylic acids is 1. The maximum atomic E-state index is 8.81. The molecule has 25 valence electrons. The Labute approximate surface area is 59.2 Å². The maximum Gasteiger partial charge on any atom is 0 e. The molecular weight excluding hydrogens is 140 g/mol. The van der Waals surface area contributed by atoms with E-state index in [0.29, 0.717) is 0 Å². The molecule has 0 N–H and O–H groups in total. The van der Waals surface area contributed by atoms with Crippen LogP contribution in [0.15, 0.2) is 0 Å². The first kappa shape index (κ1) is 16.7. The molecule has 0 fully saturated rings. The Hall–Kier alpha value is 1.01. The van der Waals surface area contributed by atoms with Crippen LogP contribution in [0.5, 0.6) is 0 Å². The van der Waals surface area contributed by atoms with Gasteiger partial charge in [-0.25, -0.2) is 0 Å². The van der Waals surface area contributed by atoms with E-state index in [1.54, 1.807) is 0 Å². The van der Waals surface area contributed by atoms with Crippen LogP contribution >= 0.6 is 0 Å². The molecule has 3 heteroatoms. The first-order valence-electron chi connectivity index (χ1n) is 0.813. The van der Waals surface area contributed by atoms with Crippen LogP contribution in [0.3, 0.4) is 0 Å². The summed E-state index contributed by atoms with van der Waals surface area (Å²) in [5.41, 5.74) is 0. The van der Waals surface area contributed by atoms with Gasteiger partial charge in [0.15, 0.2) is 0 Å². The second-order valence-electron chi connectivity index (χ2n) is 0.236. The van der Waals surface area contributed by atoms with Crippen molar-refractivity contribution in [3.63, 3.8) is 0 Å². The Morgan fingerprint density at radius 3 is 1.60 bits per heavy atom. The van der Waals surface area contributed by atoms with Gasteiger partial charge in [-0.3, -0.25) is 0 Å². The van der Waals surface area contributed by atoms with Gasteiger partial charge in [0.2, 0.25) is 0 Å². The number of hydrogen-bond donors (Lipinski definition) is 0. The number of rotatable bonds is 0. The number of hydrogen-bond acceptors (Lipinski definition) is 1. The van der Waals surface area contributed by atoms with Crippen molar-refractivity contribution in [2.45, 2.75) is 6.92 Å². The van der Waals surface area contributed by atoms with Crippen LogP contribution < -0.4 is 0 Å². The van der Waals surface area contributed by atoms with E-state index < -0.39 is 0 Å². The fourth-order valence-electron chi connectivity index (χ4n) is 0. The van der Waals surface area contributed by atoms with Gasteiger partial charge in [-0.2, -0.15) is 0 Å². The molecule has 0 bridgehead atoms. The average molecular weight is 145 g/mol. The molecule has 0 aromatic rings. The molecule has 1 nitrogen and oxygen atoms in total. The van der Waals surface area contributed by atoms with E-state index in [9.17, 15) is 0 Å². The Bertz CT molecular complexity index is 17.1. The van der Waals surface area contributed by atoms with E-state index in [0.717, 1.165) is 6.29 Å². The zero-order valence-electron chi connectivity index (χ0n) is 2.43. The van der Waals surface area contributed by atoms with Crippen LogP contribution in [0, 0.1) is 0 Å². The third-order valence-electron chi connectivity index (χ3n) is 0. The molecule has 0 heterocycles. The van der Waals surface area contributed by atoms with Gasteiger partial charge in [0.05, 0.1) is 0 Å². The summed E-state index contributed by atoms with van der Waals surface area (Å²) in [5.74, 6) is 0. The fourth-order valence-corrected chi connectivity index (χ4v) is 0. The summed E-state index contributed by atoms with van der Waals surface area (Å²) in [6.45, 7) is 1.44. The van der Waals surface area contributed by atoms with Gasteiger partial charge >= 0.3 is 18.9 Å². The second-order valence-corrected chi connectivity index (χ2v) is 0.236. The van der Waals surface area contributed by atoms with Crippen molar-refractivity contribution in [2.75, 3.05) is 0 Å². The smallest absolute Gasteiger partial charge is 0 e. The van der Waals surface area contributed by atoms with Crippen LogP contribution in [0.1, 0.15) is 6.92 Å². The normalized spacial score (nSPS) is 2.60. The summed E-state index contributed by atoms with van der Waals surface area (Å²) in [6.07, 6.45) is 0.750. The summed E-state index contributed by atoms with van der Waals surface area (Å²) in [4.78, 5) is 8.81. The van der Waals surface area contributed by atoms with Crippen LogP contribution in [0.4, 0.5) is 0 Å². The van der Waals surface area contributed by atoms with E-state index in [1.807, 2.05) is 0 Å². The topological polar surface area (TPSA) is 17.1 Å². The van der Waals surface area contributed by atoms with Crippen molar-refractivity contribution in [3.05, 3.63) is 0 Å². The maximum absolute atomic E-state index is 8.81. The van der Waals surface area contributed by atoms with Crippen molar-refractivity contribution in [2.24, 2.45) is 0 Å². The fraction of sp³-hybridized carbons (Fsp3) is 0.500. The quantitative estimate of drug-likeness (QED) is 0.333. The monoisotopic (exact) mass is 145 g/mol. The summed E-state index contributed by atoms with van der Waals surface area (Å²) >= 11 is 0. The summed E-state index contributed by atoms with van der Waals surface area (Å²) < 4.78 is 0. The molecule has 0 unspecified atom stereocenters. The largest absolute Gasteiger partial charge is 0 e. The van der Waals surface area contributed by atoms with Gasteiger partial charge < -0.3 is 4.79 Å². The van der Waals surface area contributed by atoms with E-state index in [1.165, 1.54) is 6.92 Å². The van der Waals surface area contributed by atoms with Gasteiger partial charge in [0.1, 0.15) is 6.29 Å². The van der Waals surface area contributed by atoms with Crippen LogP contribution in [0.2, 0.25) is 0 Å². The van der Waals surface area contributed by atoms with E-state index >= 15 is 0 Å². The molecule has 0 aromatic carbocycles. The Morgan fingerprint density at radius 1 is 1.60 bits per heavy atom. The molecule has 0 aliphatic heterocycles. The van der Waals surface area contributed by atoms with E-state index in [4.69, 9.17) is 4.79 Å². The summed E-state index contributed by atoms with van der Waals surface area (Å²) in [6, 6.07) is 0. The molecule has 0 saturated heterocycles. The van der Waals surface area contributed by atoms with Gasteiger partial charge in [-0.05, 0) is 6.92 Å². The molecule has 1 radical (unpaired) electrons. The van der Waals surface area contributed by atoms with Gasteiger partial charge in [0, 0.05) is 22.4 Å². The summed E-state index contributed by atoms with van der Waals surface area (Å²) in [7, 11) is 0. The van der Waals surface area contributed by atoms with Crippen LogP contribution in [-0.2, 0) is 27.2 Å². The van der Waals surface area contributed by atoms with Crippen molar-refractivity contribution in [1.29, 1.82) is 0 Å². The van der Waals surface area contributed by atoms with Gasteiger partial charge in [0.25, 0.3) is 0 Å². The molecule has 0 amide bonds. The predicted molar refractivity (Wildman–Crippen MR) is 18.9 cm³/mol. The van der Waals surface area contributed by atoms with E-state index in [-0.39, 0.29) is 41.2 Å². The molecule has 0 saturated carbocycles. The van der Waals surface area contributed by atoms with Crippen LogP contribution in [-0.4, -0.2) is 25.1 Å². The SMILES string of the molecule is CC=O.[LiH].[Nb]. The standard InChI is InChI=1S/C2H4O.Li.Nb.H/c1-2-3;;;/h2H,1H3;;;. The van der Waals surface area contributed by atoms with Gasteiger partial charge in [-0.15, -0.1) is 0 Å². The third kappa shape index (κ3) is 44.6. The van der Waals surface area contributed by atoms with Crippen molar-refractivity contribution >= 4 is 25.1 Å². The minimum atomic E-state index is 0. The Kier molecular flexibility index (Phi) is 66.5. The van der Waals surface area contributed by atoms with Crippen molar-refractivity contribution < 1.29 is 27.2 Å². The van der Waals surface area contributed by atoms with Crippen molar-refractivity contribution in [1.82, 2.24) is 0 Å². The zero-order valence-corrected chi connectivity index (χ0v) is 4.63. The number of aldehydes is 1. The molecular formula is C2H5LiNbO. The predicted octanol–water partition coefficient (Wildman–Crippen LogP) is -0.446. The summed E-state index contributed by atoms with van der Waals surface area (Å²) in [5, 5.41) is 0. The molecule has 0 aromatic heterocycles. The average Bonchev–Trinajstić information content (AvgIpc) is 0.918. The van der Waals surface area contributed by atoms with E-state index in [2.05, 4.69) is 0 Å². The number of carbonyl (C=O) groups is 1. The molecule has 5 heavy (non-hydrogen) atoms. The minimum Gasteiger partial charge on any atom is 0 e. The third-order valence-corrected chi connectivity index (χ3v) is 0. The van der Waals surface area contributed by atoms with Crippen molar-refractivity contribution in [3.8, 4) is 0 Å². The van der Waals surface area contributed by atoms with Crippen LogP contribution in [0.25, 0.3) is 0 Å². The zero-order chi connectivity index (χ0) is 2.71. The first-order valence-corrected chi connectivity index (χ1v) is 0.813. The Morgan fingerprint density at radius 2 is 1.60 bits per heavy atom. The Balaban J connectivity index is -0.0000000200. The van der Waals surface area contributed by atoms with Gasteiger partial charge in [-0.1, -0.05) is 0 Å². The first-order chi connectivity index (χ1) is 1.41. The molecule has 0 spiro atoms.